The van der Waals surface area contributed by atoms with Crippen LogP contribution in [0.3, 0.4) is 0 Å². The van der Waals surface area contributed by atoms with Gasteiger partial charge in [0.25, 0.3) is 12.0 Å². The van der Waals surface area contributed by atoms with Gasteiger partial charge in [-0.05, 0) is 61.2 Å². The van der Waals surface area contributed by atoms with Gasteiger partial charge in [0.1, 0.15) is 16.9 Å². The van der Waals surface area contributed by atoms with Crippen LogP contribution in [0.5, 0.6) is 5.88 Å². The Balaban J connectivity index is 0.00000532. The minimum Gasteiger partial charge on any atom is -0.540 e. The van der Waals surface area contributed by atoms with Crippen molar-refractivity contribution < 1.29 is 40.5 Å². The molecular weight excluding hydrogens is 787 g/mol. The molecule has 1 aliphatic heterocycles. The Hall–Kier alpha value is -4.66. The zero-order chi connectivity index (χ0) is 39.1. The summed E-state index contributed by atoms with van der Waals surface area (Å²) in [5.74, 6) is 1.65. The second kappa shape index (κ2) is 16.8. The van der Waals surface area contributed by atoms with Crippen molar-refractivity contribution in [2.75, 3.05) is 45.2 Å². The van der Waals surface area contributed by atoms with E-state index in [1.54, 1.807) is 19.2 Å². The van der Waals surface area contributed by atoms with Crippen molar-refractivity contribution in [3.05, 3.63) is 103 Å². The third-order valence-electron chi connectivity index (χ3n) is 10.7. The summed E-state index contributed by atoms with van der Waals surface area (Å²) < 4.78 is 36.0. The van der Waals surface area contributed by atoms with Crippen LogP contribution in [0.1, 0.15) is 47.7 Å². The number of aliphatic hydroxyl groups is 1. The third kappa shape index (κ3) is 7.46. The fourth-order valence-electron chi connectivity index (χ4n) is 7.87. The van der Waals surface area contributed by atoms with Gasteiger partial charge in [0.2, 0.25) is 5.88 Å². The normalized spacial score (nSPS) is 15.6. The Kier molecular flexibility index (Phi) is 12.3. The summed E-state index contributed by atoms with van der Waals surface area (Å²) in [6, 6.07) is 14.4. The Morgan fingerprint density at radius 1 is 1.11 bits per heavy atom. The van der Waals surface area contributed by atoms with E-state index in [4.69, 9.17) is 21.3 Å². The van der Waals surface area contributed by atoms with E-state index in [2.05, 4.69) is 21.3 Å². The predicted molar refractivity (Wildman–Crippen MR) is 207 cm³/mol. The van der Waals surface area contributed by atoms with Gasteiger partial charge in [-0.25, -0.2) is 23.5 Å². The van der Waals surface area contributed by atoms with Crippen molar-refractivity contribution in [3.8, 4) is 28.3 Å². The molecule has 2 aliphatic rings. The van der Waals surface area contributed by atoms with E-state index in [1.807, 2.05) is 37.6 Å². The first-order valence-electron chi connectivity index (χ1n) is 17.9. The van der Waals surface area contributed by atoms with E-state index >= 15 is 0 Å². The number of ether oxygens (including phenoxy) is 1. The maximum atomic E-state index is 14.0. The molecule has 5 aromatic rings. The molecular formula is C40H40ClF2MnN7O5. The molecule has 0 saturated carbocycles. The van der Waals surface area contributed by atoms with Crippen LogP contribution >= 0.6 is 11.6 Å². The van der Waals surface area contributed by atoms with Crippen LogP contribution in [0, 0.1) is 12.8 Å². The number of anilines is 2. The number of hydrogen-bond acceptors (Lipinski definition) is 9. The molecule has 1 amide bonds. The number of likely N-dealkylation sites (tertiary alicyclic amines) is 1. The molecule has 2 N–H and O–H groups in total. The third-order valence-corrected chi connectivity index (χ3v) is 11.1. The number of rotatable bonds is 12. The monoisotopic (exact) mass is 826 g/mol. The number of hydrogen-bond donors (Lipinski definition) is 2. The number of nitrogens with one attached hydrogen (secondary N) is 1. The summed E-state index contributed by atoms with van der Waals surface area (Å²) in [7, 11) is 4.36. The molecule has 1 atom stereocenters. The Morgan fingerprint density at radius 2 is 1.84 bits per heavy atom. The number of aliphatic hydroxyl groups excluding tert-OH is 1. The van der Waals surface area contributed by atoms with Crippen molar-refractivity contribution >= 4 is 40.4 Å². The molecule has 1 radical (unpaired) electrons. The van der Waals surface area contributed by atoms with E-state index in [0.29, 0.717) is 40.0 Å². The van der Waals surface area contributed by atoms with Crippen molar-refractivity contribution in [1.29, 1.82) is 0 Å². The molecule has 16 heteroatoms. The quantitative estimate of drug-likeness (QED) is 0.0932. The van der Waals surface area contributed by atoms with Crippen LogP contribution < -0.4 is 21.3 Å². The molecule has 0 spiro atoms. The molecule has 1 saturated heterocycles. The van der Waals surface area contributed by atoms with Gasteiger partial charge in [0.15, 0.2) is 0 Å². The van der Waals surface area contributed by atoms with Crippen LogP contribution in [0.2, 0.25) is 5.02 Å². The zero-order valence-corrected chi connectivity index (χ0v) is 33.1. The smallest absolute Gasteiger partial charge is 0.540 e. The van der Waals surface area contributed by atoms with E-state index in [9.17, 15) is 28.3 Å². The number of aromatic nitrogens is 4. The number of aryl methyl sites for hydroxylation is 2. The van der Waals surface area contributed by atoms with Crippen LogP contribution in [0.4, 0.5) is 20.3 Å². The number of fused-ring (bicyclic) bond motifs is 2. The number of halogens is 3. The Morgan fingerprint density at radius 3 is 2.55 bits per heavy atom. The molecule has 56 heavy (non-hydrogen) atoms. The van der Waals surface area contributed by atoms with Gasteiger partial charge in [0.05, 0.1) is 29.9 Å². The summed E-state index contributed by atoms with van der Waals surface area (Å²) in [5.41, 5.74) is 4.38. The second-order valence-corrected chi connectivity index (χ2v) is 14.3. The molecule has 4 heterocycles. The molecule has 2 aromatic carbocycles. The minimum absolute atomic E-state index is 0. The van der Waals surface area contributed by atoms with E-state index in [0.717, 1.165) is 69.8 Å². The number of benzene rings is 2. The first-order valence-corrected chi connectivity index (χ1v) is 18.3. The van der Waals surface area contributed by atoms with Gasteiger partial charge < -0.3 is 29.8 Å². The molecule has 7 rings (SSSR count). The first-order chi connectivity index (χ1) is 26.4. The van der Waals surface area contributed by atoms with Gasteiger partial charge in [-0.15, -0.1) is 13.1 Å². The van der Waals surface area contributed by atoms with Crippen molar-refractivity contribution in [2.24, 2.45) is 14.1 Å². The average Bonchev–Trinajstić information content (AvgIpc) is 3.83. The van der Waals surface area contributed by atoms with E-state index in [1.165, 1.54) is 24.9 Å². The molecule has 0 bridgehead atoms. The number of carbonyl (C=O) groups excluding carboxylic acids is 1. The van der Waals surface area contributed by atoms with Crippen LogP contribution in [-0.4, -0.2) is 80.3 Å². The number of nitrogens with zero attached hydrogens (tertiary/aromatic N) is 6. The van der Waals surface area contributed by atoms with Gasteiger partial charge in [-0.1, -0.05) is 41.9 Å². The van der Waals surface area contributed by atoms with Gasteiger partial charge in [-0.2, -0.15) is 12.8 Å². The largest absolute Gasteiger partial charge is 2.00 e. The Bertz CT molecular complexity index is 2430. The number of amides is 1. The zero-order valence-electron chi connectivity index (χ0n) is 31.2. The van der Waals surface area contributed by atoms with Crippen LogP contribution in [0.15, 0.2) is 58.1 Å². The van der Waals surface area contributed by atoms with Crippen molar-refractivity contribution in [1.82, 2.24) is 28.9 Å². The topological polar surface area (TPSA) is 135 Å². The fourth-order valence-corrected chi connectivity index (χ4v) is 8.19. The summed E-state index contributed by atoms with van der Waals surface area (Å²) >= 11 is 7.21. The molecule has 0 unspecified atom stereocenters. The second-order valence-electron chi connectivity index (χ2n) is 13.9. The van der Waals surface area contributed by atoms with Crippen molar-refractivity contribution in [2.45, 2.75) is 38.7 Å². The Labute approximate surface area is 337 Å². The van der Waals surface area contributed by atoms with E-state index in [-0.39, 0.29) is 53.0 Å². The average molecular weight is 827 g/mol. The summed E-state index contributed by atoms with van der Waals surface area (Å²) in [6.07, 6.45) is 1.55. The maximum Gasteiger partial charge on any atom is 2.00 e. The standard InChI is InChI=1S/C40H40ClF2N7O5.Mn/c1-22-25(7-6-10-28(22)44-37-34-32(18-30(45-37)36(42)43)47(2)40(54)48(3)39(34)53)26-8-5-9-27(35(26)41)29-17-24-11-12-31(33(24)38(46-29)55-4)50-14-13-23(20-50)19-49(21-52)15-16-51;/h5-10,17-18,31,36,51H,11-16,19-20H2,1-4H3,(H,44,45);/q-2;+2/t31-;/m1./s1. The molecule has 1 aliphatic carbocycles. The summed E-state index contributed by atoms with van der Waals surface area (Å²) in [5, 5.41) is 12.8. The molecule has 293 valence electrons. The SMILES string of the molecule is COc1nc(-c2cccc(-c3cccc(Nc4nc(C(F)F)cc5c4c(=O)n(C)c(=O)n5C)c3C)c2Cl)cc2c1[C@H](N1CC[C-](CN([C-]=O)CCO)C1)CC2.[Mn+2]. The van der Waals surface area contributed by atoms with Gasteiger partial charge in [0, 0.05) is 49.1 Å². The van der Waals surface area contributed by atoms with Gasteiger partial charge in [-0.3, -0.25) is 19.8 Å². The summed E-state index contributed by atoms with van der Waals surface area (Å²) in [6.45, 7) is 4.06. The predicted octanol–water partition coefficient (Wildman–Crippen LogP) is 5.64. The van der Waals surface area contributed by atoms with Crippen LogP contribution in [0.25, 0.3) is 33.3 Å². The molecule has 1 fully saturated rings. The molecule has 3 aromatic heterocycles. The van der Waals surface area contributed by atoms with E-state index < -0.39 is 23.4 Å². The first kappa shape index (κ1) is 41.0. The number of pyridine rings is 2. The van der Waals surface area contributed by atoms with Gasteiger partial charge >= 0.3 is 22.8 Å². The summed E-state index contributed by atoms with van der Waals surface area (Å²) in [4.78, 5) is 50.2. The van der Waals surface area contributed by atoms with Crippen LogP contribution in [-0.2, 0) is 42.4 Å². The fraction of sp³-hybridized carbons (Fsp3) is 0.350. The maximum absolute atomic E-state index is 14.0. The number of alkyl halides is 2. The molecule has 12 nitrogen and oxygen atoms in total. The minimum atomic E-state index is -2.94. The van der Waals surface area contributed by atoms with Crippen molar-refractivity contribution in [3.63, 3.8) is 0 Å². The number of methoxy groups -OCH3 is 1.